The lowest BCUT2D eigenvalue weighted by Crippen LogP contribution is -2.48. The predicted molar refractivity (Wildman–Crippen MR) is 54.7 cm³/mol. The number of carboxylic acid groups (broad SMARTS) is 1. The van der Waals surface area contributed by atoms with Gasteiger partial charge in [0.2, 0.25) is 0 Å². The Morgan fingerprint density at radius 3 is 2.93 bits per heavy atom. The number of hydrogen-bond donors (Lipinski definition) is 2. The van der Waals surface area contributed by atoms with Crippen LogP contribution in [0.25, 0.3) is 0 Å². The third kappa shape index (κ3) is 3.77. The molecule has 2 atom stereocenters. The van der Waals surface area contributed by atoms with E-state index in [0.717, 1.165) is 13.0 Å². The summed E-state index contributed by atoms with van der Waals surface area (Å²) in [5.74, 6) is -1.18. The van der Waals surface area contributed by atoms with E-state index in [-0.39, 0.29) is 12.6 Å². The van der Waals surface area contributed by atoms with E-state index in [1.807, 2.05) is 11.8 Å². The smallest absolute Gasteiger partial charge is 0.336 e. The molecule has 15 heavy (non-hydrogen) atoms. The van der Waals surface area contributed by atoms with E-state index < -0.39 is 11.6 Å². The fraction of sp³-hybridized carbons (Fsp3) is 0.900. The SMILES string of the molecule is CC1CN(CC(C)(O)C(=O)O)CCCO1. The first-order valence-electron chi connectivity index (χ1n) is 5.21. The number of carbonyl (C=O) groups is 1. The maximum absolute atomic E-state index is 10.8. The van der Waals surface area contributed by atoms with Crippen LogP contribution in [0.5, 0.6) is 0 Å². The van der Waals surface area contributed by atoms with E-state index in [0.29, 0.717) is 13.2 Å². The molecule has 0 aromatic heterocycles. The number of ether oxygens (including phenoxy) is 1. The maximum atomic E-state index is 10.8. The Kier molecular flexibility index (Phi) is 4.07. The highest BCUT2D eigenvalue weighted by Gasteiger charge is 2.33. The lowest BCUT2D eigenvalue weighted by molar-refractivity contribution is -0.158. The first-order chi connectivity index (χ1) is 6.92. The van der Waals surface area contributed by atoms with Crippen molar-refractivity contribution in [2.24, 2.45) is 0 Å². The lowest BCUT2D eigenvalue weighted by atomic mass is 10.1. The molecule has 0 aliphatic carbocycles. The van der Waals surface area contributed by atoms with E-state index in [2.05, 4.69) is 0 Å². The van der Waals surface area contributed by atoms with E-state index in [9.17, 15) is 9.90 Å². The summed E-state index contributed by atoms with van der Waals surface area (Å²) >= 11 is 0. The highest BCUT2D eigenvalue weighted by molar-refractivity contribution is 5.76. The molecule has 1 saturated heterocycles. The molecule has 0 saturated carbocycles. The van der Waals surface area contributed by atoms with Gasteiger partial charge >= 0.3 is 5.97 Å². The van der Waals surface area contributed by atoms with Crippen LogP contribution >= 0.6 is 0 Å². The third-order valence-corrected chi connectivity index (χ3v) is 2.53. The van der Waals surface area contributed by atoms with Crippen LogP contribution in [0.1, 0.15) is 20.3 Å². The van der Waals surface area contributed by atoms with Crippen LogP contribution in [0.15, 0.2) is 0 Å². The fourth-order valence-corrected chi connectivity index (χ4v) is 1.73. The van der Waals surface area contributed by atoms with Gasteiger partial charge in [-0.05, 0) is 20.3 Å². The summed E-state index contributed by atoms with van der Waals surface area (Å²) in [5.41, 5.74) is -1.68. The number of nitrogens with zero attached hydrogens (tertiary/aromatic N) is 1. The summed E-state index contributed by atoms with van der Waals surface area (Å²) in [7, 11) is 0. The molecule has 0 aromatic carbocycles. The second-order valence-electron chi connectivity index (χ2n) is 4.35. The molecule has 1 rings (SSSR count). The third-order valence-electron chi connectivity index (χ3n) is 2.53. The Labute approximate surface area is 89.6 Å². The molecule has 1 heterocycles. The van der Waals surface area contributed by atoms with E-state index in [1.54, 1.807) is 0 Å². The molecule has 1 aliphatic rings. The van der Waals surface area contributed by atoms with Crippen LogP contribution in [-0.2, 0) is 9.53 Å². The minimum Gasteiger partial charge on any atom is -0.479 e. The summed E-state index contributed by atoms with van der Waals surface area (Å²) in [6.45, 7) is 5.57. The number of aliphatic hydroxyl groups is 1. The molecular weight excluding hydrogens is 198 g/mol. The van der Waals surface area contributed by atoms with Gasteiger partial charge in [0.15, 0.2) is 5.60 Å². The van der Waals surface area contributed by atoms with Gasteiger partial charge in [-0.2, -0.15) is 0 Å². The van der Waals surface area contributed by atoms with Gasteiger partial charge < -0.3 is 14.9 Å². The summed E-state index contributed by atoms with van der Waals surface area (Å²) in [6, 6.07) is 0. The van der Waals surface area contributed by atoms with Crippen LogP contribution < -0.4 is 0 Å². The monoisotopic (exact) mass is 217 g/mol. The molecule has 0 amide bonds. The molecule has 2 N–H and O–H groups in total. The van der Waals surface area contributed by atoms with Gasteiger partial charge in [-0.15, -0.1) is 0 Å². The van der Waals surface area contributed by atoms with Gasteiger partial charge in [0.1, 0.15) is 0 Å². The first kappa shape index (κ1) is 12.4. The molecule has 1 fully saturated rings. The van der Waals surface area contributed by atoms with Crippen molar-refractivity contribution in [1.82, 2.24) is 4.90 Å². The van der Waals surface area contributed by atoms with Crippen LogP contribution in [0.4, 0.5) is 0 Å². The van der Waals surface area contributed by atoms with Gasteiger partial charge in [-0.25, -0.2) is 4.79 Å². The highest BCUT2D eigenvalue weighted by atomic mass is 16.5. The molecule has 0 radical (unpaired) electrons. The quantitative estimate of drug-likeness (QED) is 0.692. The maximum Gasteiger partial charge on any atom is 0.336 e. The minimum atomic E-state index is -1.68. The van der Waals surface area contributed by atoms with E-state index >= 15 is 0 Å². The number of aliphatic carboxylic acids is 1. The summed E-state index contributed by atoms with van der Waals surface area (Å²) in [4.78, 5) is 12.7. The topological polar surface area (TPSA) is 70.0 Å². The van der Waals surface area contributed by atoms with Crippen molar-refractivity contribution >= 4 is 5.97 Å². The van der Waals surface area contributed by atoms with Gasteiger partial charge in [-0.1, -0.05) is 0 Å². The van der Waals surface area contributed by atoms with Crippen molar-refractivity contribution in [3.63, 3.8) is 0 Å². The molecule has 5 heteroatoms. The minimum absolute atomic E-state index is 0.0945. The summed E-state index contributed by atoms with van der Waals surface area (Å²) in [6.07, 6.45) is 0.970. The normalized spacial score (nSPS) is 28.1. The average Bonchev–Trinajstić information content (AvgIpc) is 2.28. The van der Waals surface area contributed by atoms with E-state index in [1.165, 1.54) is 6.92 Å². The Balaban J connectivity index is 2.52. The Morgan fingerprint density at radius 2 is 2.33 bits per heavy atom. The predicted octanol–water partition coefficient (Wildman–Crippen LogP) is -0.0672. The second-order valence-corrected chi connectivity index (χ2v) is 4.35. The van der Waals surface area contributed by atoms with Crippen molar-refractivity contribution in [2.75, 3.05) is 26.2 Å². The Bertz CT molecular complexity index is 229. The molecule has 0 aromatic rings. The largest absolute Gasteiger partial charge is 0.479 e. The summed E-state index contributed by atoms with van der Waals surface area (Å²) in [5, 5.41) is 18.4. The number of β-amino-alcohol motifs (C(OH)–C–C–N with tert-alkyl or cyclic N) is 1. The zero-order valence-corrected chi connectivity index (χ0v) is 9.27. The highest BCUT2D eigenvalue weighted by Crippen LogP contribution is 2.11. The first-order valence-corrected chi connectivity index (χ1v) is 5.21. The van der Waals surface area contributed by atoms with Crippen LogP contribution in [-0.4, -0.2) is 59.0 Å². The van der Waals surface area contributed by atoms with Crippen LogP contribution in [0.2, 0.25) is 0 Å². The standard InChI is InChI=1S/C10H19NO4/c1-8-6-11(4-3-5-15-8)7-10(2,14)9(12)13/h8,14H,3-7H2,1-2H3,(H,12,13). The van der Waals surface area contributed by atoms with Crippen molar-refractivity contribution in [1.29, 1.82) is 0 Å². The van der Waals surface area contributed by atoms with Gasteiger partial charge in [0, 0.05) is 26.2 Å². The zero-order chi connectivity index (χ0) is 11.5. The number of carboxylic acids is 1. The second kappa shape index (κ2) is 4.92. The molecule has 0 bridgehead atoms. The molecular formula is C10H19NO4. The molecule has 5 nitrogen and oxygen atoms in total. The number of rotatable bonds is 3. The fourth-order valence-electron chi connectivity index (χ4n) is 1.73. The van der Waals surface area contributed by atoms with Crippen molar-refractivity contribution in [3.05, 3.63) is 0 Å². The average molecular weight is 217 g/mol. The Hall–Kier alpha value is -0.650. The van der Waals surface area contributed by atoms with Crippen LogP contribution in [0.3, 0.4) is 0 Å². The number of hydrogen-bond acceptors (Lipinski definition) is 4. The van der Waals surface area contributed by atoms with Crippen molar-refractivity contribution in [2.45, 2.75) is 32.0 Å². The zero-order valence-electron chi connectivity index (χ0n) is 9.27. The summed E-state index contributed by atoms with van der Waals surface area (Å²) < 4.78 is 5.44. The van der Waals surface area contributed by atoms with Crippen molar-refractivity contribution in [3.8, 4) is 0 Å². The van der Waals surface area contributed by atoms with Gasteiger partial charge in [0.25, 0.3) is 0 Å². The van der Waals surface area contributed by atoms with Gasteiger partial charge in [-0.3, -0.25) is 4.90 Å². The molecule has 0 spiro atoms. The van der Waals surface area contributed by atoms with Crippen LogP contribution in [0, 0.1) is 0 Å². The molecule has 2 unspecified atom stereocenters. The lowest BCUT2D eigenvalue weighted by Gasteiger charge is -2.28. The molecule has 1 aliphatic heterocycles. The Morgan fingerprint density at radius 1 is 1.67 bits per heavy atom. The molecule has 88 valence electrons. The van der Waals surface area contributed by atoms with Crippen molar-refractivity contribution < 1.29 is 19.7 Å². The van der Waals surface area contributed by atoms with E-state index in [4.69, 9.17) is 9.84 Å². The van der Waals surface area contributed by atoms with Gasteiger partial charge in [0.05, 0.1) is 6.10 Å².